The van der Waals surface area contributed by atoms with Crippen molar-refractivity contribution in [1.82, 2.24) is 4.57 Å². The number of hydrogen-bond acceptors (Lipinski definition) is 8. The van der Waals surface area contributed by atoms with Crippen LogP contribution in [0.4, 0.5) is 0 Å². The molecule has 30 heavy (non-hydrogen) atoms. The lowest BCUT2D eigenvalue weighted by atomic mass is 10.0. The van der Waals surface area contributed by atoms with Crippen LogP contribution in [0.2, 0.25) is 0 Å². The predicted molar refractivity (Wildman–Crippen MR) is 104 cm³/mol. The highest BCUT2D eigenvalue weighted by Crippen LogP contribution is 2.33. The van der Waals surface area contributed by atoms with Gasteiger partial charge >= 0.3 is 17.9 Å². The first-order valence-electron chi connectivity index (χ1n) is 9.42. The number of fused-ring (bicyclic) bond motifs is 1. The van der Waals surface area contributed by atoms with E-state index in [0.717, 1.165) is 10.9 Å². The lowest BCUT2D eigenvalue weighted by Gasteiger charge is -2.41. The molecule has 160 valence electrons. The molecule has 2 aromatic rings. The van der Waals surface area contributed by atoms with E-state index in [1.807, 2.05) is 0 Å². The van der Waals surface area contributed by atoms with Gasteiger partial charge in [-0.2, -0.15) is 0 Å². The number of nitrogens with zero attached hydrogens (tertiary/aromatic N) is 1. The van der Waals surface area contributed by atoms with Crippen LogP contribution in [0.25, 0.3) is 10.9 Å². The van der Waals surface area contributed by atoms with Crippen molar-refractivity contribution in [2.75, 3.05) is 6.61 Å². The van der Waals surface area contributed by atoms with E-state index in [2.05, 4.69) is 0 Å². The van der Waals surface area contributed by atoms with Gasteiger partial charge in [0.15, 0.2) is 30.3 Å². The summed E-state index contributed by atoms with van der Waals surface area (Å²) in [5.41, 5.74) is 1.30. The zero-order valence-corrected chi connectivity index (χ0v) is 17.1. The van der Waals surface area contributed by atoms with Crippen LogP contribution < -0.4 is 0 Å². The molecule has 0 saturated carbocycles. The summed E-state index contributed by atoms with van der Waals surface area (Å²) in [6, 6.07) is 7.01. The third kappa shape index (κ3) is 4.51. The second kappa shape index (κ2) is 8.66. The quantitative estimate of drug-likeness (QED) is 0.414. The summed E-state index contributed by atoms with van der Waals surface area (Å²) < 4.78 is 23.7. The second-order valence-corrected chi connectivity index (χ2v) is 7.07. The monoisotopic (exact) mass is 417 g/mol. The fraction of sp³-hybridized carbons (Fsp3) is 0.429. The van der Waals surface area contributed by atoms with Crippen LogP contribution in [-0.2, 0) is 33.3 Å². The van der Waals surface area contributed by atoms with Crippen LogP contribution >= 0.6 is 0 Å². The molecule has 1 fully saturated rings. The van der Waals surface area contributed by atoms with Gasteiger partial charge in [0.1, 0.15) is 0 Å². The molecule has 0 N–H and O–H groups in total. The molecular formula is C21H23NO8. The summed E-state index contributed by atoms with van der Waals surface area (Å²) in [5.74, 6) is -1.86. The van der Waals surface area contributed by atoms with E-state index in [0.29, 0.717) is 5.56 Å². The maximum absolute atomic E-state index is 11.8. The molecule has 0 bridgehead atoms. The van der Waals surface area contributed by atoms with Crippen LogP contribution in [0.3, 0.4) is 0 Å². The van der Waals surface area contributed by atoms with Gasteiger partial charge in [0.25, 0.3) is 0 Å². The van der Waals surface area contributed by atoms with E-state index in [1.54, 1.807) is 35.0 Å². The maximum Gasteiger partial charge on any atom is 0.303 e. The third-order valence-electron chi connectivity index (χ3n) is 4.73. The Morgan fingerprint density at radius 3 is 2.13 bits per heavy atom. The molecule has 0 aliphatic carbocycles. The van der Waals surface area contributed by atoms with Crippen LogP contribution in [0.1, 0.15) is 44.3 Å². The van der Waals surface area contributed by atoms with E-state index in [-0.39, 0.29) is 12.4 Å². The average molecular weight is 417 g/mol. The number of aromatic nitrogens is 1. The molecule has 0 radical (unpaired) electrons. The highest BCUT2D eigenvalue weighted by Gasteiger charge is 2.47. The highest BCUT2D eigenvalue weighted by molar-refractivity contribution is 5.98. The van der Waals surface area contributed by atoms with Crippen molar-refractivity contribution in [3.8, 4) is 0 Å². The standard InChI is InChI=1S/C21H23NO8/c1-11(23)15-5-6-17-16(9-15)7-8-22(17)21-20(30-14(4)26)19(29-13(3)25)18(10-27-21)28-12(2)24/h5-9,18-21H,10H2,1-4H3/t18-,19-,20+,21+/m0/s1. The van der Waals surface area contributed by atoms with Gasteiger partial charge in [-0.15, -0.1) is 0 Å². The fourth-order valence-electron chi connectivity index (χ4n) is 3.57. The molecule has 2 heterocycles. The first-order valence-corrected chi connectivity index (χ1v) is 9.42. The van der Waals surface area contributed by atoms with Crippen molar-refractivity contribution >= 4 is 34.6 Å². The Kier molecular flexibility index (Phi) is 6.21. The minimum Gasteiger partial charge on any atom is -0.456 e. The smallest absolute Gasteiger partial charge is 0.303 e. The number of ether oxygens (including phenoxy) is 4. The second-order valence-electron chi connectivity index (χ2n) is 7.07. The van der Waals surface area contributed by atoms with Crippen molar-refractivity contribution in [1.29, 1.82) is 0 Å². The fourth-order valence-corrected chi connectivity index (χ4v) is 3.57. The number of rotatable bonds is 5. The van der Waals surface area contributed by atoms with Gasteiger partial charge in [0.2, 0.25) is 0 Å². The van der Waals surface area contributed by atoms with Gasteiger partial charge in [0.05, 0.1) is 12.1 Å². The van der Waals surface area contributed by atoms with E-state index in [1.165, 1.54) is 27.7 Å². The van der Waals surface area contributed by atoms with Crippen molar-refractivity contribution < 1.29 is 38.1 Å². The molecule has 9 heteroatoms. The number of benzene rings is 1. The Morgan fingerprint density at radius 1 is 0.900 bits per heavy atom. The number of carbonyl (C=O) groups excluding carboxylic acids is 4. The first kappa shape index (κ1) is 21.5. The molecule has 0 unspecified atom stereocenters. The van der Waals surface area contributed by atoms with E-state index < -0.39 is 42.4 Å². The summed E-state index contributed by atoms with van der Waals surface area (Å²) in [5, 5.41) is 0.791. The molecule has 0 amide bonds. The molecule has 4 atom stereocenters. The minimum atomic E-state index is -1.06. The van der Waals surface area contributed by atoms with Crippen molar-refractivity contribution in [3.63, 3.8) is 0 Å². The van der Waals surface area contributed by atoms with Gasteiger partial charge in [-0.25, -0.2) is 0 Å². The Balaban J connectivity index is 2.03. The summed E-state index contributed by atoms with van der Waals surface area (Å²) in [4.78, 5) is 46.6. The van der Waals surface area contributed by atoms with Crippen molar-refractivity contribution in [2.45, 2.75) is 52.2 Å². The zero-order valence-electron chi connectivity index (χ0n) is 17.1. The molecule has 1 aromatic heterocycles. The Labute approximate surface area is 172 Å². The van der Waals surface area contributed by atoms with Crippen LogP contribution in [0.15, 0.2) is 30.5 Å². The van der Waals surface area contributed by atoms with Gasteiger partial charge < -0.3 is 23.5 Å². The summed E-state index contributed by atoms with van der Waals surface area (Å²) in [6.07, 6.45) is -2.16. The van der Waals surface area contributed by atoms with E-state index in [4.69, 9.17) is 18.9 Å². The average Bonchev–Trinajstić information content (AvgIpc) is 3.06. The van der Waals surface area contributed by atoms with Crippen LogP contribution in [0.5, 0.6) is 0 Å². The number of hydrogen-bond donors (Lipinski definition) is 0. The van der Waals surface area contributed by atoms with Crippen LogP contribution in [-0.4, -0.2) is 53.2 Å². The van der Waals surface area contributed by atoms with E-state index >= 15 is 0 Å². The molecule has 1 aliphatic heterocycles. The number of esters is 3. The number of Topliss-reactive ketones (excluding diaryl/α,β-unsaturated/α-hetero) is 1. The van der Waals surface area contributed by atoms with Crippen molar-refractivity contribution in [2.24, 2.45) is 0 Å². The molecule has 9 nitrogen and oxygen atoms in total. The lowest BCUT2D eigenvalue weighted by Crippen LogP contribution is -2.55. The predicted octanol–water partition coefficient (Wildman–Crippen LogP) is 2.17. The van der Waals surface area contributed by atoms with Gasteiger partial charge in [-0.05, 0) is 31.2 Å². The van der Waals surface area contributed by atoms with Crippen molar-refractivity contribution in [3.05, 3.63) is 36.0 Å². The third-order valence-corrected chi connectivity index (χ3v) is 4.73. The minimum absolute atomic E-state index is 0.0597. The topological polar surface area (TPSA) is 110 Å². The summed E-state index contributed by atoms with van der Waals surface area (Å²) in [6.45, 7) is 5.09. The van der Waals surface area contributed by atoms with Crippen LogP contribution in [0, 0.1) is 0 Å². The maximum atomic E-state index is 11.8. The summed E-state index contributed by atoms with van der Waals surface area (Å²) >= 11 is 0. The Morgan fingerprint density at radius 2 is 1.53 bits per heavy atom. The molecule has 1 aromatic carbocycles. The lowest BCUT2D eigenvalue weighted by molar-refractivity contribution is -0.239. The Hall–Kier alpha value is -3.20. The molecule has 1 aliphatic rings. The van der Waals surface area contributed by atoms with Gasteiger partial charge in [-0.3, -0.25) is 19.2 Å². The SMILES string of the molecule is CC(=O)O[C@@H]1[C@@H](OC(C)=O)[C@H](n2ccc3cc(C(C)=O)ccc32)OC[C@@H]1OC(C)=O. The van der Waals surface area contributed by atoms with E-state index in [9.17, 15) is 19.2 Å². The molecule has 1 saturated heterocycles. The van der Waals surface area contributed by atoms with Gasteiger partial charge in [0, 0.05) is 37.9 Å². The Bertz CT molecular complexity index is 994. The van der Waals surface area contributed by atoms with Gasteiger partial charge in [-0.1, -0.05) is 0 Å². The highest BCUT2D eigenvalue weighted by atomic mass is 16.6. The number of ketones is 1. The normalized spacial score (nSPS) is 23.6. The molecular weight excluding hydrogens is 394 g/mol. The number of carbonyl (C=O) groups is 4. The first-order chi connectivity index (χ1) is 14.2. The largest absolute Gasteiger partial charge is 0.456 e. The molecule has 0 spiro atoms. The zero-order chi connectivity index (χ0) is 22.0. The summed E-state index contributed by atoms with van der Waals surface area (Å²) in [7, 11) is 0. The molecule has 3 rings (SSSR count).